The Morgan fingerprint density at radius 3 is 2.38 bits per heavy atom. The highest BCUT2D eigenvalue weighted by Crippen LogP contribution is 2.10. The van der Waals surface area contributed by atoms with Crippen LogP contribution in [0.5, 0.6) is 0 Å². The Morgan fingerprint density at radius 1 is 1.00 bits per heavy atom. The minimum Gasteiger partial charge on any atom is -0.317 e. The molecule has 3 heteroatoms. The molecule has 0 saturated carbocycles. The van der Waals surface area contributed by atoms with Gasteiger partial charge in [0, 0.05) is 12.6 Å². The van der Waals surface area contributed by atoms with E-state index in [-0.39, 0.29) is 0 Å². The second-order valence-corrected chi connectivity index (χ2v) is 4.29. The standard InChI is InChI=1S/C10H21N3/c1-4-11-5-2-9(1)7-12-8-10-3-6-13-10/h9-13H,1-8H2. The highest BCUT2D eigenvalue weighted by Gasteiger charge is 2.17. The highest BCUT2D eigenvalue weighted by molar-refractivity contribution is 4.80. The first-order valence-electron chi connectivity index (χ1n) is 5.60. The van der Waals surface area contributed by atoms with Crippen molar-refractivity contribution in [2.24, 2.45) is 5.92 Å². The lowest BCUT2D eigenvalue weighted by Crippen LogP contribution is -2.50. The largest absolute Gasteiger partial charge is 0.317 e. The van der Waals surface area contributed by atoms with E-state index in [0.717, 1.165) is 12.0 Å². The van der Waals surface area contributed by atoms with Crippen LogP contribution in [0.1, 0.15) is 19.3 Å². The van der Waals surface area contributed by atoms with Crippen molar-refractivity contribution in [3.63, 3.8) is 0 Å². The van der Waals surface area contributed by atoms with Crippen LogP contribution in [0.2, 0.25) is 0 Å². The Labute approximate surface area is 80.7 Å². The van der Waals surface area contributed by atoms with E-state index in [0.29, 0.717) is 0 Å². The average Bonchev–Trinajstić information content (AvgIpc) is 2.11. The molecule has 13 heavy (non-hydrogen) atoms. The van der Waals surface area contributed by atoms with Crippen LogP contribution in [-0.2, 0) is 0 Å². The van der Waals surface area contributed by atoms with Crippen molar-refractivity contribution in [1.82, 2.24) is 16.0 Å². The molecule has 1 unspecified atom stereocenters. The van der Waals surface area contributed by atoms with Crippen LogP contribution in [0.4, 0.5) is 0 Å². The molecule has 3 nitrogen and oxygen atoms in total. The molecule has 2 saturated heterocycles. The van der Waals surface area contributed by atoms with Crippen molar-refractivity contribution in [2.45, 2.75) is 25.3 Å². The Bertz CT molecular complexity index is 139. The molecule has 2 aliphatic rings. The van der Waals surface area contributed by atoms with Gasteiger partial charge in [-0.1, -0.05) is 0 Å². The molecule has 0 aromatic rings. The van der Waals surface area contributed by atoms with E-state index in [9.17, 15) is 0 Å². The zero-order valence-corrected chi connectivity index (χ0v) is 8.31. The minimum atomic E-state index is 0.765. The van der Waals surface area contributed by atoms with Crippen molar-refractivity contribution in [2.75, 3.05) is 32.7 Å². The zero-order valence-electron chi connectivity index (χ0n) is 8.31. The number of rotatable bonds is 4. The van der Waals surface area contributed by atoms with Gasteiger partial charge in [0.25, 0.3) is 0 Å². The summed E-state index contributed by atoms with van der Waals surface area (Å²) in [7, 11) is 0. The SMILES string of the molecule is C1CC(CNCC2CCN2)CCN1. The first-order valence-corrected chi connectivity index (χ1v) is 5.60. The van der Waals surface area contributed by atoms with Crippen molar-refractivity contribution in [3.8, 4) is 0 Å². The monoisotopic (exact) mass is 183 g/mol. The predicted octanol–water partition coefficient (Wildman–Crippen LogP) is -0.0625. The molecule has 0 bridgehead atoms. The molecule has 2 fully saturated rings. The number of hydrogen-bond donors (Lipinski definition) is 3. The summed E-state index contributed by atoms with van der Waals surface area (Å²) in [6, 6.07) is 0.765. The average molecular weight is 183 g/mol. The van der Waals surface area contributed by atoms with Gasteiger partial charge in [-0.25, -0.2) is 0 Å². The predicted molar refractivity (Wildman–Crippen MR) is 54.9 cm³/mol. The second kappa shape index (κ2) is 4.94. The van der Waals surface area contributed by atoms with Gasteiger partial charge in [-0.15, -0.1) is 0 Å². The highest BCUT2D eigenvalue weighted by atomic mass is 15.0. The van der Waals surface area contributed by atoms with E-state index in [1.807, 2.05) is 0 Å². The number of hydrogen-bond acceptors (Lipinski definition) is 3. The molecule has 0 aromatic heterocycles. The molecule has 0 aliphatic carbocycles. The van der Waals surface area contributed by atoms with Crippen LogP contribution in [0.15, 0.2) is 0 Å². The van der Waals surface area contributed by atoms with Gasteiger partial charge in [0.1, 0.15) is 0 Å². The van der Waals surface area contributed by atoms with E-state index in [4.69, 9.17) is 0 Å². The molecule has 0 radical (unpaired) electrons. The van der Waals surface area contributed by atoms with Crippen LogP contribution in [0.3, 0.4) is 0 Å². The Morgan fingerprint density at radius 2 is 1.77 bits per heavy atom. The Kier molecular flexibility index (Phi) is 3.58. The van der Waals surface area contributed by atoms with E-state index in [1.165, 1.54) is 52.0 Å². The van der Waals surface area contributed by atoms with Crippen molar-refractivity contribution >= 4 is 0 Å². The van der Waals surface area contributed by atoms with Gasteiger partial charge in [-0.05, 0) is 51.4 Å². The summed E-state index contributed by atoms with van der Waals surface area (Å²) in [6.45, 7) is 6.05. The molecule has 2 heterocycles. The fourth-order valence-corrected chi connectivity index (χ4v) is 2.07. The van der Waals surface area contributed by atoms with Gasteiger partial charge in [0.2, 0.25) is 0 Å². The van der Waals surface area contributed by atoms with Crippen LogP contribution < -0.4 is 16.0 Å². The van der Waals surface area contributed by atoms with Crippen LogP contribution in [-0.4, -0.2) is 38.8 Å². The Hall–Kier alpha value is -0.120. The van der Waals surface area contributed by atoms with Gasteiger partial charge in [-0.3, -0.25) is 0 Å². The first kappa shape index (κ1) is 9.44. The summed E-state index contributed by atoms with van der Waals surface area (Å²) < 4.78 is 0. The van der Waals surface area contributed by atoms with Crippen molar-refractivity contribution in [1.29, 1.82) is 0 Å². The summed E-state index contributed by atoms with van der Waals surface area (Å²) in [4.78, 5) is 0. The third-order valence-electron chi connectivity index (χ3n) is 3.21. The zero-order chi connectivity index (χ0) is 8.93. The summed E-state index contributed by atoms with van der Waals surface area (Å²) in [5.74, 6) is 0.918. The van der Waals surface area contributed by atoms with Crippen molar-refractivity contribution in [3.05, 3.63) is 0 Å². The normalized spacial score (nSPS) is 30.0. The minimum absolute atomic E-state index is 0.765. The molecular weight excluding hydrogens is 162 g/mol. The van der Waals surface area contributed by atoms with Gasteiger partial charge < -0.3 is 16.0 Å². The van der Waals surface area contributed by atoms with E-state index < -0.39 is 0 Å². The molecular formula is C10H21N3. The van der Waals surface area contributed by atoms with Gasteiger partial charge >= 0.3 is 0 Å². The van der Waals surface area contributed by atoms with E-state index >= 15 is 0 Å². The lowest BCUT2D eigenvalue weighted by Gasteiger charge is -2.29. The summed E-state index contributed by atoms with van der Waals surface area (Å²) in [6.07, 6.45) is 4.06. The van der Waals surface area contributed by atoms with Crippen LogP contribution in [0.25, 0.3) is 0 Å². The fourth-order valence-electron chi connectivity index (χ4n) is 2.07. The third-order valence-corrected chi connectivity index (χ3v) is 3.21. The Balaban J connectivity index is 1.50. The van der Waals surface area contributed by atoms with Crippen LogP contribution in [0, 0.1) is 5.92 Å². The molecule has 2 aliphatic heterocycles. The first-order chi connectivity index (χ1) is 6.45. The number of nitrogens with one attached hydrogen (secondary N) is 3. The van der Waals surface area contributed by atoms with Crippen LogP contribution >= 0.6 is 0 Å². The maximum atomic E-state index is 3.57. The molecule has 1 atom stereocenters. The molecule has 0 amide bonds. The second-order valence-electron chi connectivity index (χ2n) is 4.29. The molecule has 0 aromatic carbocycles. The van der Waals surface area contributed by atoms with Gasteiger partial charge in [-0.2, -0.15) is 0 Å². The van der Waals surface area contributed by atoms with Crippen molar-refractivity contribution < 1.29 is 0 Å². The third kappa shape index (κ3) is 2.93. The van der Waals surface area contributed by atoms with Gasteiger partial charge in [0.05, 0.1) is 0 Å². The maximum Gasteiger partial charge on any atom is 0.0204 e. The number of piperidine rings is 1. The summed E-state index contributed by atoms with van der Waals surface area (Å²) >= 11 is 0. The summed E-state index contributed by atoms with van der Waals surface area (Å²) in [5, 5.41) is 10.4. The maximum absolute atomic E-state index is 3.57. The molecule has 0 spiro atoms. The molecule has 2 rings (SSSR count). The summed E-state index contributed by atoms with van der Waals surface area (Å²) in [5.41, 5.74) is 0. The fraction of sp³-hybridized carbons (Fsp3) is 1.00. The van der Waals surface area contributed by atoms with E-state index in [1.54, 1.807) is 0 Å². The van der Waals surface area contributed by atoms with Gasteiger partial charge in [0.15, 0.2) is 0 Å². The smallest absolute Gasteiger partial charge is 0.0204 e. The molecule has 76 valence electrons. The molecule has 3 N–H and O–H groups in total. The van der Waals surface area contributed by atoms with E-state index in [2.05, 4.69) is 16.0 Å². The quantitative estimate of drug-likeness (QED) is 0.571. The lowest BCUT2D eigenvalue weighted by atomic mass is 9.98. The topological polar surface area (TPSA) is 36.1 Å². The lowest BCUT2D eigenvalue weighted by molar-refractivity contribution is 0.317.